The summed E-state index contributed by atoms with van der Waals surface area (Å²) in [5, 5.41) is 14.4. The summed E-state index contributed by atoms with van der Waals surface area (Å²) in [4.78, 5) is 29.6. The van der Waals surface area contributed by atoms with E-state index in [9.17, 15) is 9.59 Å². The van der Waals surface area contributed by atoms with Crippen LogP contribution in [0.25, 0.3) is 0 Å². The van der Waals surface area contributed by atoms with Crippen molar-refractivity contribution < 1.29 is 14.7 Å². The first-order valence-electron chi connectivity index (χ1n) is 6.87. The third-order valence-corrected chi connectivity index (χ3v) is 3.48. The van der Waals surface area contributed by atoms with Gasteiger partial charge in [0.15, 0.2) is 0 Å². The fraction of sp³-hybridized carbons (Fsp3) is 0.615. The van der Waals surface area contributed by atoms with Crippen molar-refractivity contribution in [3.05, 3.63) is 18.2 Å². The molecule has 2 amide bonds. The van der Waals surface area contributed by atoms with Crippen molar-refractivity contribution in [2.24, 2.45) is 5.92 Å². The standard InChI is InChI=1S/C13H20N4O3/c1-2-3-8-4-10(8)16-13(20)17-11(12(18)19)5-9-6-14-7-15-9/h6-8,10-11H,2-5H2,1H3,(H,14,15)(H,18,19)(H2,16,17,20). The molecule has 7 nitrogen and oxygen atoms in total. The minimum Gasteiger partial charge on any atom is -0.480 e. The first kappa shape index (κ1) is 14.4. The predicted octanol–water partition coefficient (Wildman–Crippen LogP) is 0.893. The molecule has 2 rings (SSSR count). The molecule has 20 heavy (non-hydrogen) atoms. The predicted molar refractivity (Wildman–Crippen MR) is 72.2 cm³/mol. The molecular weight excluding hydrogens is 260 g/mol. The Bertz CT molecular complexity index is 460. The van der Waals surface area contributed by atoms with Crippen LogP contribution in [0.4, 0.5) is 4.79 Å². The second-order valence-electron chi connectivity index (χ2n) is 5.18. The molecule has 7 heteroatoms. The van der Waals surface area contributed by atoms with Crippen molar-refractivity contribution in [2.45, 2.75) is 44.7 Å². The number of hydrogen-bond donors (Lipinski definition) is 4. The monoisotopic (exact) mass is 280 g/mol. The molecule has 3 atom stereocenters. The topological polar surface area (TPSA) is 107 Å². The molecule has 0 bridgehead atoms. The normalized spacial score (nSPS) is 22.1. The summed E-state index contributed by atoms with van der Waals surface area (Å²) in [7, 11) is 0. The fourth-order valence-electron chi connectivity index (χ4n) is 2.30. The van der Waals surface area contributed by atoms with Crippen LogP contribution < -0.4 is 10.6 Å². The van der Waals surface area contributed by atoms with Crippen LogP contribution in [-0.4, -0.2) is 39.2 Å². The summed E-state index contributed by atoms with van der Waals surface area (Å²) in [6.07, 6.45) is 6.40. The maximum absolute atomic E-state index is 11.8. The second-order valence-corrected chi connectivity index (χ2v) is 5.18. The van der Waals surface area contributed by atoms with Gasteiger partial charge in [0.2, 0.25) is 0 Å². The average Bonchev–Trinajstić information content (AvgIpc) is 2.90. The Hall–Kier alpha value is -2.05. The first-order chi connectivity index (χ1) is 9.60. The van der Waals surface area contributed by atoms with Crippen molar-refractivity contribution in [3.8, 4) is 0 Å². The van der Waals surface area contributed by atoms with E-state index in [1.165, 1.54) is 6.33 Å². The second kappa shape index (κ2) is 6.40. The van der Waals surface area contributed by atoms with Gasteiger partial charge < -0.3 is 20.7 Å². The van der Waals surface area contributed by atoms with Crippen LogP contribution in [0.5, 0.6) is 0 Å². The number of aliphatic carboxylic acids is 1. The van der Waals surface area contributed by atoms with E-state index in [2.05, 4.69) is 27.5 Å². The number of urea groups is 1. The highest BCUT2D eigenvalue weighted by Gasteiger charge is 2.37. The summed E-state index contributed by atoms with van der Waals surface area (Å²) >= 11 is 0. The Labute approximate surface area is 117 Å². The summed E-state index contributed by atoms with van der Waals surface area (Å²) in [5.74, 6) is -0.516. The number of carbonyl (C=O) groups is 2. The summed E-state index contributed by atoms with van der Waals surface area (Å²) in [6.45, 7) is 2.11. The Morgan fingerprint density at radius 3 is 3.00 bits per heavy atom. The number of carboxylic acid groups (broad SMARTS) is 1. The van der Waals surface area contributed by atoms with Gasteiger partial charge in [-0.1, -0.05) is 13.3 Å². The Kier molecular flexibility index (Phi) is 4.60. The smallest absolute Gasteiger partial charge is 0.326 e. The Morgan fingerprint density at radius 1 is 1.60 bits per heavy atom. The van der Waals surface area contributed by atoms with E-state index in [-0.39, 0.29) is 12.5 Å². The summed E-state index contributed by atoms with van der Waals surface area (Å²) in [6, 6.07) is -1.18. The van der Waals surface area contributed by atoms with Gasteiger partial charge in [0.25, 0.3) is 0 Å². The molecule has 3 unspecified atom stereocenters. The molecular formula is C13H20N4O3. The third-order valence-electron chi connectivity index (χ3n) is 3.48. The van der Waals surface area contributed by atoms with Crippen LogP contribution >= 0.6 is 0 Å². The van der Waals surface area contributed by atoms with Crippen molar-refractivity contribution in [2.75, 3.05) is 0 Å². The van der Waals surface area contributed by atoms with Crippen LogP contribution in [0.15, 0.2) is 12.5 Å². The lowest BCUT2D eigenvalue weighted by Gasteiger charge is -2.14. The van der Waals surface area contributed by atoms with Crippen molar-refractivity contribution in [3.63, 3.8) is 0 Å². The fourth-order valence-corrected chi connectivity index (χ4v) is 2.30. The molecule has 0 radical (unpaired) electrons. The molecule has 1 aliphatic rings. The highest BCUT2D eigenvalue weighted by atomic mass is 16.4. The van der Waals surface area contributed by atoms with E-state index >= 15 is 0 Å². The van der Waals surface area contributed by atoms with Gasteiger partial charge in [-0.05, 0) is 18.8 Å². The van der Waals surface area contributed by atoms with Crippen LogP contribution in [0, 0.1) is 5.92 Å². The van der Waals surface area contributed by atoms with Crippen LogP contribution in [0.3, 0.4) is 0 Å². The maximum Gasteiger partial charge on any atom is 0.326 e. The lowest BCUT2D eigenvalue weighted by Crippen LogP contribution is -2.48. The molecule has 1 heterocycles. The number of nitrogens with one attached hydrogen (secondary N) is 3. The molecule has 1 aromatic rings. The summed E-state index contributed by atoms with van der Waals surface area (Å²) in [5.41, 5.74) is 0.674. The number of H-pyrrole nitrogens is 1. The van der Waals surface area contributed by atoms with Gasteiger partial charge in [-0.2, -0.15) is 0 Å². The minimum absolute atomic E-state index is 0.186. The Morgan fingerprint density at radius 2 is 2.40 bits per heavy atom. The van der Waals surface area contributed by atoms with Crippen molar-refractivity contribution >= 4 is 12.0 Å². The van der Waals surface area contributed by atoms with Gasteiger partial charge in [0.05, 0.1) is 6.33 Å². The lowest BCUT2D eigenvalue weighted by atomic mass is 10.2. The number of aromatic amines is 1. The molecule has 1 fully saturated rings. The molecule has 0 saturated heterocycles. The van der Waals surface area contributed by atoms with Gasteiger partial charge >= 0.3 is 12.0 Å². The van der Waals surface area contributed by atoms with Gasteiger partial charge in [-0.15, -0.1) is 0 Å². The number of carbonyl (C=O) groups excluding carboxylic acids is 1. The van der Waals surface area contributed by atoms with Crippen LogP contribution in [-0.2, 0) is 11.2 Å². The first-order valence-corrected chi connectivity index (χ1v) is 6.87. The van der Waals surface area contributed by atoms with Crippen molar-refractivity contribution in [1.82, 2.24) is 20.6 Å². The van der Waals surface area contributed by atoms with Crippen LogP contribution in [0.2, 0.25) is 0 Å². The van der Waals surface area contributed by atoms with E-state index in [0.717, 1.165) is 19.3 Å². The maximum atomic E-state index is 11.8. The van der Waals surface area contributed by atoms with E-state index < -0.39 is 18.0 Å². The zero-order chi connectivity index (χ0) is 14.5. The number of imidazole rings is 1. The SMILES string of the molecule is CCCC1CC1NC(=O)NC(Cc1cnc[nH]1)C(=O)O. The van der Waals surface area contributed by atoms with Crippen LogP contribution in [0.1, 0.15) is 31.9 Å². The quantitative estimate of drug-likeness (QED) is 0.595. The highest BCUT2D eigenvalue weighted by Crippen LogP contribution is 2.34. The van der Waals surface area contributed by atoms with Gasteiger partial charge in [0.1, 0.15) is 6.04 Å². The minimum atomic E-state index is -1.06. The number of nitrogens with zero attached hydrogens (tertiary/aromatic N) is 1. The number of aromatic nitrogens is 2. The molecule has 0 spiro atoms. The zero-order valence-electron chi connectivity index (χ0n) is 11.4. The van der Waals surface area contributed by atoms with E-state index in [4.69, 9.17) is 5.11 Å². The summed E-state index contributed by atoms with van der Waals surface area (Å²) < 4.78 is 0. The third kappa shape index (κ3) is 3.97. The largest absolute Gasteiger partial charge is 0.480 e. The molecule has 0 aromatic carbocycles. The van der Waals surface area contributed by atoms with Gasteiger partial charge in [-0.25, -0.2) is 14.6 Å². The van der Waals surface area contributed by atoms with E-state index in [1.807, 2.05) is 0 Å². The number of hydrogen-bond acceptors (Lipinski definition) is 3. The van der Waals surface area contributed by atoms with Crippen molar-refractivity contribution in [1.29, 1.82) is 0 Å². The number of carboxylic acids is 1. The molecule has 1 saturated carbocycles. The molecule has 1 aliphatic carbocycles. The molecule has 4 N–H and O–H groups in total. The number of amides is 2. The van der Waals surface area contributed by atoms with E-state index in [0.29, 0.717) is 11.6 Å². The lowest BCUT2D eigenvalue weighted by molar-refractivity contribution is -0.139. The Balaban J connectivity index is 1.79. The van der Waals surface area contributed by atoms with Gasteiger partial charge in [-0.3, -0.25) is 0 Å². The molecule has 1 aromatic heterocycles. The highest BCUT2D eigenvalue weighted by molar-refractivity contribution is 5.83. The molecule has 110 valence electrons. The van der Waals surface area contributed by atoms with Gasteiger partial charge in [0, 0.05) is 24.4 Å². The number of rotatable bonds is 7. The zero-order valence-corrected chi connectivity index (χ0v) is 11.4. The molecule has 0 aliphatic heterocycles. The van der Waals surface area contributed by atoms with E-state index in [1.54, 1.807) is 6.20 Å². The average molecular weight is 280 g/mol.